The summed E-state index contributed by atoms with van der Waals surface area (Å²) in [6.45, 7) is 13.3. The summed E-state index contributed by atoms with van der Waals surface area (Å²) in [5, 5.41) is 3.80. The van der Waals surface area contributed by atoms with Crippen molar-refractivity contribution >= 4 is 0 Å². The molecule has 3 atom stereocenters. The molecule has 1 heterocycles. The molecule has 0 aromatic heterocycles. The fourth-order valence-corrected chi connectivity index (χ4v) is 5.30. The molecule has 3 unspecified atom stereocenters. The van der Waals surface area contributed by atoms with Crippen LogP contribution >= 0.6 is 0 Å². The predicted molar refractivity (Wildman–Crippen MR) is 85.9 cm³/mol. The molecule has 3 rings (SSSR count). The third-order valence-electron chi connectivity index (χ3n) is 6.81. The average Bonchev–Trinajstić information content (AvgIpc) is 3.01. The number of hydrogen-bond acceptors (Lipinski definition) is 2. The minimum Gasteiger partial charge on any atom is -0.309 e. The fourth-order valence-electron chi connectivity index (χ4n) is 5.30. The van der Waals surface area contributed by atoms with Gasteiger partial charge in [0.05, 0.1) is 0 Å². The summed E-state index contributed by atoms with van der Waals surface area (Å²) in [7, 11) is 0. The van der Waals surface area contributed by atoms with Gasteiger partial charge in [0.15, 0.2) is 0 Å². The second-order valence-corrected chi connectivity index (χ2v) is 8.48. The van der Waals surface area contributed by atoms with Crippen LogP contribution in [0.2, 0.25) is 0 Å². The van der Waals surface area contributed by atoms with Crippen LogP contribution in [-0.4, -0.2) is 35.6 Å². The normalized spacial score (nSPS) is 39.3. The molecule has 3 aliphatic rings. The Bertz CT molecular complexity index is 345. The Kier molecular flexibility index (Phi) is 3.92. The van der Waals surface area contributed by atoms with E-state index in [0.717, 1.165) is 17.8 Å². The van der Waals surface area contributed by atoms with E-state index < -0.39 is 0 Å². The topological polar surface area (TPSA) is 15.3 Å². The monoisotopic (exact) mass is 278 g/mol. The highest BCUT2D eigenvalue weighted by Gasteiger charge is 2.46. The van der Waals surface area contributed by atoms with Crippen LogP contribution in [0.1, 0.15) is 66.2 Å². The summed E-state index contributed by atoms with van der Waals surface area (Å²) in [4.78, 5) is 2.88. The van der Waals surface area contributed by atoms with E-state index in [2.05, 4.69) is 37.9 Å². The zero-order valence-corrected chi connectivity index (χ0v) is 14.0. The lowest BCUT2D eigenvalue weighted by Crippen LogP contribution is -2.68. The maximum Gasteiger partial charge on any atom is 0.0329 e. The summed E-state index contributed by atoms with van der Waals surface area (Å²) in [6, 6.07) is 0. The summed E-state index contributed by atoms with van der Waals surface area (Å²) in [5.41, 5.74) is 0.697. The summed E-state index contributed by atoms with van der Waals surface area (Å²) < 4.78 is 0. The maximum atomic E-state index is 3.80. The van der Waals surface area contributed by atoms with Crippen LogP contribution in [-0.2, 0) is 0 Å². The number of hydrogen-bond donors (Lipinski definition) is 1. The van der Waals surface area contributed by atoms with Gasteiger partial charge in [0, 0.05) is 30.7 Å². The molecule has 0 aromatic rings. The molecular formula is C18H34N2. The molecular weight excluding hydrogens is 244 g/mol. The highest BCUT2D eigenvalue weighted by molar-refractivity contribution is 5.03. The Labute approximate surface area is 125 Å². The molecule has 1 N–H and O–H groups in total. The SMILES string of the molecule is CCC1(CC)CNC(C)(C)CN1CC1CC2CCC1C2. The van der Waals surface area contributed by atoms with Gasteiger partial charge < -0.3 is 5.32 Å². The maximum absolute atomic E-state index is 3.80. The first kappa shape index (κ1) is 14.8. The first-order valence-corrected chi connectivity index (χ1v) is 8.98. The van der Waals surface area contributed by atoms with Crippen LogP contribution < -0.4 is 5.32 Å². The van der Waals surface area contributed by atoms with E-state index >= 15 is 0 Å². The quantitative estimate of drug-likeness (QED) is 0.844. The van der Waals surface area contributed by atoms with Crippen LogP contribution in [0, 0.1) is 17.8 Å². The molecule has 2 bridgehead atoms. The first-order valence-electron chi connectivity index (χ1n) is 8.98. The van der Waals surface area contributed by atoms with Crippen molar-refractivity contribution in [2.24, 2.45) is 17.8 Å². The van der Waals surface area contributed by atoms with Gasteiger partial charge in [-0.2, -0.15) is 0 Å². The van der Waals surface area contributed by atoms with E-state index in [9.17, 15) is 0 Å². The van der Waals surface area contributed by atoms with Crippen molar-refractivity contribution in [3.8, 4) is 0 Å². The molecule has 2 saturated carbocycles. The predicted octanol–water partition coefficient (Wildman–Crippen LogP) is 3.67. The van der Waals surface area contributed by atoms with Gasteiger partial charge in [-0.05, 0) is 63.7 Å². The number of piperazine rings is 1. The van der Waals surface area contributed by atoms with E-state index in [4.69, 9.17) is 0 Å². The van der Waals surface area contributed by atoms with Crippen molar-refractivity contribution in [2.75, 3.05) is 19.6 Å². The molecule has 0 spiro atoms. The molecule has 20 heavy (non-hydrogen) atoms. The molecule has 0 radical (unpaired) electrons. The van der Waals surface area contributed by atoms with E-state index in [0.29, 0.717) is 5.54 Å². The van der Waals surface area contributed by atoms with E-state index in [1.807, 2.05) is 0 Å². The molecule has 0 aromatic carbocycles. The Balaban J connectivity index is 1.72. The number of nitrogens with one attached hydrogen (secondary N) is 1. The standard InChI is InChI=1S/C18H34N2/c1-5-18(6-2)12-19-17(3,4)13-20(18)11-16-10-14-7-8-15(16)9-14/h14-16,19H,5-13H2,1-4H3. The van der Waals surface area contributed by atoms with Gasteiger partial charge in [0.1, 0.15) is 0 Å². The lowest BCUT2D eigenvalue weighted by Gasteiger charge is -2.53. The van der Waals surface area contributed by atoms with Crippen molar-refractivity contribution < 1.29 is 0 Å². The van der Waals surface area contributed by atoms with Gasteiger partial charge in [0.25, 0.3) is 0 Å². The van der Waals surface area contributed by atoms with Crippen LogP contribution in [0.4, 0.5) is 0 Å². The zero-order chi connectivity index (χ0) is 14.4. The molecule has 2 aliphatic carbocycles. The minimum atomic E-state index is 0.283. The molecule has 0 amide bonds. The van der Waals surface area contributed by atoms with Crippen molar-refractivity contribution in [1.29, 1.82) is 0 Å². The smallest absolute Gasteiger partial charge is 0.0329 e. The Morgan fingerprint density at radius 2 is 1.85 bits per heavy atom. The van der Waals surface area contributed by atoms with Gasteiger partial charge in [-0.15, -0.1) is 0 Å². The van der Waals surface area contributed by atoms with E-state index in [-0.39, 0.29) is 5.54 Å². The molecule has 2 nitrogen and oxygen atoms in total. The summed E-state index contributed by atoms with van der Waals surface area (Å²) >= 11 is 0. The molecule has 3 fully saturated rings. The third kappa shape index (κ3) is 2.54. The van der Waals surface area contributed by atoms with Crippen LogP contribution in [0.5, 0.6) is 0 Å². The van der Waals surface area contributed by atoms with Gasteiger partial charge in [0.2, 0.25) is 0 Å². The number of rotatable bonds is 4. The van der Waals surface area contributed by atoms with E-state index in [1.54, 1.807) is 6.42 Å². The molecule has 1 aliphatic heterocycles. The first-order chi connectivity index (χ1) is 9.48. The molecule has 1 saturated heterocycles. The van der Waals surface area contributed by atoms with Crippen molar-refractivity contribution in [3.05, 3.63) is 0 Å². The van der Waals surface area contributed by atoms with Crippen molar-refractivity contribution in [1.82, 2.24) is 10.2 Å². The summed E-state index contributed by atoms with van der Waals surface area (Å²) in [6.07, 6.45) is 8.70. The van der Waals surface area contributed by atoms with Crippen molar-refractivity contribution in [2.45, 2.75) is 77.3 Å². The molecule has 2 heteroatoms. The average molecular weight is 278 g/mol. The molecule has 116 valence electrons. The van der Waals surface area contributed by atoms with E-state index in [1.165, 1.54) is 51.7 Å². The van der Waals surface area contributed by atoms with Crippen LogP contribution in [0.25, 0.3) is 0 Å². The Morgan fingerprint density at radius 1 is 1.10 bits per heavy atom. The van der Waals surface area contributed by atoms with Gasteiger partial charge >= 0.3 is 0 Å². The fraction of sp³-hybridized carbons (Fsp3) is 1.00. The largest absolute Gasteiger partial charge is 0.309 e. The minimum absolute atomic E-state index is 0.283. The highest BCUT2D eigenvalue weighted by atomic mass is 15.3. The van der Waals surface area contributed by atoms with Crippen LogP contribution in [0.3, 0.4) is 0 Å². The van der Waals surface area contributed by atoms with Crippen LogP contribution in [0.15, 0.2) is 0 Å². The Morgan fingerprint density at radius 3 is 2.40 bits per heavy atom. The Hall–Kier alpha value is -0.0800. The second kappa shape index (κ2) is 5.28. The zero-order valence-electron chi connectivity index (χ0n) is 14.0. The number of fused-ring (bicyclic) bond motifs is 2. The lowest BCUT2D eigenvalue weighted by atomic mass is 9.81. The lowest BCUT2D eigenvalue weighted by molar-refractivity contribution is -0.00824. The third-order valence-corrected chi connectivity index (χ3v) is 6.81. The summed E-state index contributed by atoms with van der Waals surface area (Å²) in [5.74, 6) is 3.14. The van der Waals surface area contributed by atoms with Crippen molar-refractivity contribution in [3.63, 3.8) is 0 Å². The van der Waals surface area contributed by atoms with Gasteiger partial charge in [-0.3, -0.25) is 4.90 Å². The number of nitrogens with zero attached hydrogens (tertiary/aromatic N) is 1. The highest BCUT2D eigenvalue weighted by Crippen LogP contribution is 2.49. The van der Waals surface area contributed by atoms with Gasteiger partial charge in [-0.1, -0.05) is 20.3 Å². The second-order valence-electron chi connectivity index (χ2n) is 8.48. The van der Waals surface area contributed by atoms with Gasteiger partial charge in [-0.25, -0.2) is 0 Å².